The molecule has 1 fully saturated rings. The van der Waals surface area contributed by atoms with Crippen LogP contribution in [0.1, 0.15) is 66.0 Å². The van der Waals surface area contributed by atoms with Crippen LogP contribution in [-0.2, 0) is 20.9 Å². The fourth-order valence-corrected chi connectivity index (χ4v) is 2.99. The summed E-state index contributed by atoms with van der Waals surface area (Å²) >= 11 is 4.94. The van der Waals surface area contributed by atoms with Gasteiger partial charge >= 0.3 is 0 Å². The fourth-order valence-electron chi connectivity index (χ4n) is 1.96. The van der Waals surface area contributed by atoms with E-state index in [1.807, 2.05) is 41.5 Å². The molecule has 0 bridgehead atoms. The minimum absolute atomic E-state index is 0.179. The summed E-state index contributed by atoms with van der Waals surface area (Å²) in [5.74, 6) is 0.121. The van der Waals surface area contributed by atoms with Crippen LogP contribution >= 0.6 is 11.6 Å². The lowest BCUT2D eigenvalue weighted by Gasteiger charge is -2.28. The molecule has 7 nitrogen and oxygen atoms in total. The lowest BCUT2D eigenvalue weighted by molar-refractivity contribution is -0.123. The van der Waals surface area contributed by atoms with E-state index in [4.69, 9.17) is 16.3 Å². The molecule has 0 aliphatic heterocycles. The summed E-state index contributed by atoms with van der Waals surface area (Å²) < 4.78 is 21.1. The summed E-state index contributed by atoms with van der Waals surface area (Å²) in [5, 5.41) is 10.8. The van der Waals surface area contributed by atoms with Crippen molar-refractivity contribution < 1.29 is 14.1 Å². The Morgan fingerprint density at radius 1 is 1.33 bits per heavy atom. The number of hydrogen-bond acceptors (Lipinski definition) is 6. The molecule has 1 aliphatic rings. The average Bonchev–Trinajstić information content (AvgIpc) is 3.35. The Balaban J connectivity index is 2.23. The molecular formula is C18H29ClN4O3S. The molecule has 2 atom stereocenters. The highest BCUT2D eigenvalue weighted by Crippen LogP contribution is 2.30. The molecule has 2 N–H and O–H groups in total. The molecule has 2 rings (SSSR count). The van der Waals surface area contributed by atoms with Crippen LogP contribution in [0.3, 0.4) is 0 Å². The highest BCUT2D eigenvalue weighted by atomic mass is 35.5. The van der Waals surface area contributed by atoms with Gasteiger partial charge in [-0.15, -0.1) is 14.9 Å². The van der Waals surface area contributed by atoms with Gasteiger partial charge in [-0.05, 0) is 39.7 Å². The number of carbonyl (C=O) groups is 1. The van der Waals surface area contributed by atoms with Crippen molar-refractivity contribution in [3.8, 4) is 0 Å². The maximum Gasteiger partial charge on any atom is 0.230 e. The third-order valence-electron chi connectivity index (χ3n) is 3.90. The zero-order valence-electron chi connectivity index (χ0n) is 16.8. The van der Waals surface area contributed by atoms with E-state index in [2.05, 4.69) is 20.2 Å². The predicted octanol–water partition coefficient (Wildman–Crippen LogP) is 3.39. The number of carbonyl (C=O) groups excluding carboxylic acids is 1. The van der Waals surface area contributed by atoms with E-state index in [-0.39, 0.29) is 17.2 Å². The number of rotatable bonds is 7. The first-order chi connectivity index (χ1) is 12.4. The average molecular weight is 417 g/mol. The first-order valence-electron chi connectivity index (χ1n) is 9.02. The molecule has 0 radical (unpaired) electrons. The van der Waals surface area contributed by atoms with E-state index < -0.39 is 27.6 Å². The molecule has 0 aromatic carbocycles. The number of aromatic nitrogens is 2. The van der Waals surface area contributed by atoms with Gasteiger partial charge in [-0.1, -0.05) is 32.4 Å². The van der Waals surface area contributed by atoms with Crippen molar-refractivity contribution in [2.24, 2.45) is 5.41 Å². The number of hydrogen-bond donors (Lipinski definition) is 2. The molecule has 1 aromatic heterocycles. The van der Waals surface area contributed by atoms with Crippen molar-refractivity contribution in [1.29, 1.82) is 0 Å². The highest BCUT2D eigenvalue weighted by molar-refractivity contribution is 7.90. The van der Waals surface area contributed by atoms with Crippen molar-refractivity contribution in [3.63, 3.8) is 0 Å². The van der Waals surface area contributed by atoms with E-state index in [1.165, 1.54) is 0 Å². The molecule has 1 aliphatic carbocycles. The number of nitrogens with one attached hydrogen (secondary N) is 2. The summed E-state index contributed by atoms with van der Waals surface area (Å²) in [6.07, 6.45) is 2.31. The van der Waals surface area contributed by atoms with Gasteiger partial charge in [0.25, 0.3) is 0 Å². The molecule has 1 aromatic rings. The van der Waals surface area contributed by atoms with Gasteiger partial charge in [-0.25, -0.2) is 0 Å². The Labute approximate surface area is 169 Å². The first kappa shape index (κ1) is 22.4. The van der Waals surface area contributed by atoms with Gasteiger partial charge in [0, 0.05) is 22.3 Å². The summed E-state index contributed by atoms with van der Waals surface area (Å²) in [5.41, 5.74) is 0.0243. The number of halogens is 1. The van der Waals surface area contributed by atoms with Gasteiger partial charge in [-0.3, -0.25) is 4.79 Å². The summed E-state index contributed by atoms with van der Waals surface area (Å²) in [6, 6.07) is 1.23. The van der Waals surface area contributed by atoms with Crippen LogP contribution in [0.25, 0.3) is 0 Å². The zero-order chi connectivity index (χ0) is 20.4. The van der Waals surface area contributed by atoms with E-state index in [0.717, 1.165) is 12.8 Å². The zero-order valence-corrected chi connectivity index (χ0v) is 18.3. The Hall–Kier alpha value is -0.930. The minimum Gasteiger partial charge on any atom is -0.598 e. The van der Waals surface area contributed by atoms with Crippen LogP contribution < -0.4 is 10.0 Å². The largest absolute Gasteiger partial charge is 0.598 e. The van der Waals surface area contributed by atoms with Crippen LogP contribution in [0.4, 0.5) is 5.82 Å². The van der Waals surface area contributed by atoms with Crippen molar-refractivity contribution >= 4 is 34.7 Å². The topological polar surface area (TPSA) is 99.2 Å². The van der Waals surface area contributed by atoms with Crippen LogP contribution in [0.5, 0.6) is 0 Å². The summed E-state index contributed by atoms with van der Waals surface area (Å²) in [6.45, 7) is 11.4. The molecule has 1 amide bonds. The van der Waals surface area contributed by atoms with Gasteiger partial charge in [0.15, 0.2) is 11.0 Å². The lowest BCUT2D eigenvalue weighted by atomic mass is 9.96. The van der Waals surface area contributed by atoms with E-state index >= 15 is 0 Å². The van der Waals surface area contributed by atoms with Gasteiger partial charge in [-0.2, -0.15) is 0 Å². The molecule has 0 unspecified atom stereocenters. The van der Waals surface area contributed by atoms with Crippen LogP contribution in [-0.4, -0.2) is 38.1 Å². The maximum absolute atomic E-state index is 12.6. The molecule has 1 saturated carbocycles. The molecule has 1 heterocycles. The standard InChI is InChI=1S/C18H29ClN4O3S/c1-17(2,3)16(24)20-14-9-12(15(19)22-21-14)13(10-26-11-7-8-11)23-27(25)18(4,5)6/h9,11,13,23H,7-8,10H2,1-6H3,(H,20,21,24)/t13-,27-/m1/s1. The van der Waals surface area contributed by atoms with Crippen LogP contribution in [0, 0.1) is 5.41 Å². The fraction of sp³-hybridized carbons (Fsp3) is 0.722. The molecule has 0 spiro atoms. The van der Waals surface area contributed by atoms with Crippen LogP contribution in [0.15, 0.2) is 6.07 Å². The first-order valence-corrected chi connectivity index (χ1v) is 10.5. The van der Waals surface area contributed by atoms with Crippen LogP contribution in [0.2, 0.25) is 5.15 Å². The van der Waals surface area contributed by atoms with E-state index in [0.29, 0.717) is 18.0 Å². The maximum atomic E-state index is 12.6. The second-order valence-electron chi connectivity index (χ2n) is 8.76. The van der Waals surface area contributed by atoms with Crippen molar-refractivity contribution in [2.75, 3.05) is 11.9 Å². The Morgan fingerprint density at radius 3 is 2.48 bits per heavy atom. The normalized spacial score (nSPS) is 17.5. The third kappa shape index (κ3) is 6.87. The number of ether oxygens (including phenoxy) is 1. The summed E-state index contributed by atoms with van der Waals surface area (Å²) in [4.78, 5) is 12.2. The van der Waals surface area contributed by atoms with Gasteiger partial charge < -0.3 is 14.6 Å². The highest BCUT2D eigenvalue weighted by Gasteiger charge is 2.33. The Kier molecular flexibility index (Phi) is 7.13. The SMILES string of the molecule is CC(C)(C)C(=O)Nc1cc([C@@H](COC2CC2)N[S@+]([O-])C(C)(C)C)c(Cl)nn1. The molecular weight excluding hydrogens is 388 g/mol. The van der Waals surface area contributed by atoms with Crippen molar-refractivity contribution in [2.45, 2.75) is 71.3 Å². The monoisotopic (exact) mass is 416 g/mol. The predicted molar refractivity (Wildman–Crippen MR) is 108 cm³/mol. The van der Waals surface area contributed by atoms with Crippen molar-refractivity contribution in [3.05, 3.63) is 16.8 Å². The molecule has 152 valence electrons. The number of amides is 1. The Morgan fingerprint density at radius 2 is 1.96 bits per heavy atom. The van der Waals surface area contributed by atoms with Crippen molar-refractivity contribution in [1.82, 2.24) is 14.9 Å². The molecule has 27 heavy (non-hydrogen) atoms. The van der Waals surface area contributed by atoms with Gasteiger partial charge in [0.2, 0.25) is 5.91 Å². The minimum atomic E-state index is -1.33. The van der Waals surface area contributed by atoms with Gasteiger partial charge in [0.1, 0.15) is 10.8 Å². The molecule has 0 saturated heterocycles. The Bertz CT molecular complexity index is 672. The summed E-state index contributed by atoms with van der Waals surface area (Å²) in [7, 11) is 0. The second-order valence-corrected chi connectivity index (χ2v) is 11.1. The second kappa shape index (κ2) is 8.61. The third-order valence-corrected chi connectivity index (χ3v) is 5.81. The quantitative estimate of drug-likeness (QED) is 0.661. The lowest BCUT2D eigenvalue weighted by Crippen LogP contribution is -2.42. The number of nitrogens with zero attached hydrogens (tertiary/aromatic N) is 2. The van der Waals surface area contributed by atoms with E-state index in [1.54, 1.807) is 6.07 Å². The molecule has 9 heteroatoms. The van der Waals surface area contributed by atoms with Gasteiger partial charge in [0.05, 0.1) is 12.7 Å². The van der Waals surface area contributed by atoms with E-state index in [9.17, 15) is 9.35 Å². The smallest absolute Gasteiger partial charge is 0.230 e. The number of anilines is 1.